The monoisotopic (exact) mass is 204 g/mol. The zero-order valence-electron chi connectivity index (χ0n) is 9.12. The van der Waals surface area contributed by atoms with Crippen LogP contribution in [0.25, 0.3) is 0 Å². The summed E-state index contributed by atoms with van der Waals surface area (Å²) in [5, 5.41) is 17.5. The molecule has 0 aliphatic rings. The van der Waals surface area contributed by atoms with Crippen molar-refractivity contribution < 1.29 is 19.7 Å². The molecule has 0 aliphatic carbocycles. The highest BCUT2D eigenvalue weighted by Crippen LogP contribution is 2.13. The fourth-order valence-corrected chi connectivity index (χ4v) is 1.06. The normalized spacial score (nSPS) is 13.8. The Labute approximate surface area is 84.9 Å². The Balaban J connectivity index is 3.91. The second kappa shape index (κ2) is 5.98. The van der Waals surface area contributed by atoms with Crippen molar-refractivity contribution in [2.24, 2.45) is 5.92 Å². The zero-order valence-corrected chi connectivity index (χ0v) is 9.12. The van der Waals surface area contributed by atoms with E-state index < -0.39 is 5.60 Å². The number of aliphatic hydroxyl groups excluding tert-OH is 2. The fourth-order valence-electron chi connectivity index (χ4n) is 1.06. The Hall–Kier alpha value is -0.610. The SMILES string of the molecule is CC(C)(C)OC(=O)C[C@@H](CO)CCO. The summed E-state index contributed by atoms with van der Waals surface area (Å²) in [6.07, 6.45) is 0.587. The van der Waals surface area contributed by atoms with Crippen LogP contribution in [0.5, 0.6) is 0 Å². The van der Waals surface area contributed by atoms with Crippen LogP contribution in [-0.2, 0) is 9.53 Å². The fraction of sp³-hybridized carbons (Fsp3) is 0.900. The zero-order chi connectivity index (χ0) is 11.2. The van der Waals surface area contributed by atoms with Crippen molar-refractivity contribution in [2.45, 2.75) is 39.2 Å². The third-order valence-electron chi connectivity index (χ3n) is 1.67. The molecule has 0 unspecified atom stereocenters. The first-order valence-electron chi connectivity index (χ1n) is 4.82. The van der Waals surface area contributed by atoms with Gasteiger partial charge in [-0.1, -0.05) is 0 Å². The molecular weight excluding hydrogens is 184 g/mol. The van der Waals surface area contributed by atoms with E-state index in [2.05, 4.69) is 0 Å². The maximum atomic E-state index is 11.3. The smallest absolute Gasteiger partial charge is 0.306 e. The van der Waals surface area contributed by atoms with E-state index in [0.717, 1.165) is 0 Å². The van der Waals surface area contributed by atoms with Crippen LogP contribution in [-0.4, -0.2) is 35.0 Å². The minimum atomic E-state index is -0.490. The van der Waals surface area contributed by atoms with Gasteiger partial charge in [-0.05, 0) is 33.1 Å². The van der Waals surface area contributed by atoms with Crippen LogP contribution in [0.4, 0.5) is 0 Å². The molecule has 0 heterocycles. The number of esters is 1. The van der Waals surface area contributed by atoms with Gasteiger partial charge in [0.1, 0.15) is 5.60 Å². The molecule has 0 spiro atoms. The molecule has 0 aliphatic heterocycles. The molecule has 0 aromatic carbocycles. The van der Waals surface area contributed by atoms with E-state index in [0.29, 0.717) is 6.42 Å². The molecule has 84 valence electrons. The van der Waals surface area contributed by atoms with Crippen molar-refractivity contribution in [3.05, 3.63) is 0 Å². The Morgan fingerprint density at radius 2 is 1.93 bits per heavy atom. The number of hydrogen-bond acceptors (Lipinski definition) is 4. The highest BCUT2D eigenvalue weighted by atomic mass is 16.6. The van der Waals surface area contributed by atoms with Crippen LogP contribution in [0.3, 0.4) is 0 Å². The van der Waals surface area contributed by atoms with Gasteiger partial charge in [-0.3, -0.25) is 4.79 Å². The van der Waals surface area contributed by atoms with Crippen LogP contribution in [0.15, 0.2) is 0 Å². The molecule has 2 N–H and O–H groups in total. The van der Waals surface area contributed by atoms with Gasteiger partial charge in [-0.2, -0.15) is 0 Å². The van der Waals surface area contributed by atoms with Crippen LogP contribution in [0.1, 0.15) is 33.6 Å². The van der Waals surface area contributed by atoms with Gasteiger partial charge in [0.15, 0.2) is 0 Å². The Kier molecular flexibility index (Phi) is 5.72. The number of rotatable bonds is 5. The van der Waals surface area contributed by atoms with Crippen molar-refractivity contribution in [2.75, 3.05) is 13.2 Å². The maximum absolute atomic E-state index is 11.3. The van der Waals surface area contributed by atoms with E-state index in [1.54, 1.807) is 20.8 Å². The van der Waals surface area contributed by atoms with Crippen molar-refractivity contribution in [3.63, 3.8) is 0 Å². The van der Waals surface area contributed by atoms with E-state index >= 15 is 0 Å². The topological polar surface area (TPSA) is 66.8 Å². The summed E-state index contributed by atoms with van der Waals surface area (Å²) in [6, 6.07) is 0. The first-order chi connectivity index (χ1) is 6.39. The van der Waals surface area contributed by atoms with Gasteiger partial charge in [0.05, 0.1) is 6.42 Å². The quantitative estimate of drug-likeness (QED) is 0.647. The van der Waals surface area contributed by atoms with Gasteiger partial charge in [0.2, 0.25) is 0 Å². The summed E-state index contributed by atoms with van der Waals surface area (Å²) < 4.78 is 5.08. The highest BCUT2D eigenvalue weighted by Gasteiger charge is 2.19. The minimum Gasteiger partial charge on any atom is -0.460 e. The molecule has 14 heavy (non-hydrogen) atoms. The lowest BCUT2D eigenvalue weighted by atomic mass is 10.0. The van der Waals surface area contributed by atoms with Gasteiger partial charge in [0, 0.05) is 13.2 Å². The van der Waals surface area contributed by atoms with Gasteiger partial charge in [-0.15, -0.1) is 0 Å². The number of hydrogen-bond donors (Lipinski definition) is 2. The van der Waals surface area contributed by atoms with E-state index in [9.17, 15) is 4.79 Å². The summed E-state index contributed by atoms with van der Waals surface area (Å²) in [7, 11) is 0. The van der Waals surface area contributed by atoms with E-state index in [1.807, 2.05) is 0 Å². The molecule has 0 rings (SSSR count). The van der Waals surface area contributed by atoms with Crippen molar-refractivity contribution in [1.82, 2.24) is 0 Å². The number of carbonyl (C=O) groups is 1. The molecule has 0 aromatic heterocycles. The Morgan fingerprint density at radius 3 is 2.29 bits per heavy atom. The van der Waals surface area contributed by atoms with Crippen molar-refractivity contribution in [1.29, 1.82) is 0 Å². The molecule has 4 nitrogen and oxygen atoms in total. The van der Waals surface area contributed by atoms with Crippen LogP contribution >= 0.6 is 0 Å². The molecule has 0 aromatic rings. The lowest BCUT2D eigenvalue weighted by Crippen LogP contribution is -2.26. The third-order valence-corrected chi connectivity index (χ3v) is 1.67. The average Bonchev–Trinajstić information content (AvgIpc) is 2.00. The van der Waals surface area contributed by atoms with Gasteiger partial charge >= 0.3 is 5.97 Å². The van der Waals surface area contributed by atoms with E-state index in [1.165, 1.54) is 0 Å². The molecule has 0 radical (unpaired) electrons. The molecule has 0 saturated carbocycles. The Bertz CT molecular complexity index is 171. The highest BCUT2D eigenvalue weighted by molar-refractivity contribution is 5.70. The first-order valence-corrected chi connectivity index (χ1v) is 4.82. The predicted molar refractivity (Wildman–Crippen MR) is 52.7 cm³/mol. The van der Waals surface area contributed by atoms with Crippen LogP contribution in [0.2, 0.25) is 0 Å². The van der Waals surface area contributed by atoms with Crippen LogP contribution < -0.4 is 0 Å². The van der Waals surface area contributed by atoms with Crippen molar-refractivity contribution >= 4 is 5.97 Å². The second-order valence-electron chi connectivity index (χ2n) is 4.35. The third kappa shape index (κ3) is 6.86. The Morgan fingerprint density at radius 1 is 1.36 bits per heavy atom. The first kappa shape index (κ1) is 13.4. The summed E-state index contributed by atoms with van der Waals surface area (Å²) in [6.45, 7) is 5.27. The molecule has 4 heteroatoms. The summed E-state index contributed by atoms with van der Waals surface area (Å²) in [4.78, 5) is 11.3. The molecule has 0 fully saturated rings. The maximum Gasteiger partial charge on any atom is 0.306 e. The molecule has 0 saturated heterocycles. The van der Waals surface area contributed by atoms with Gasteiger partial charge < -0.3 is 14.9 Å². The number of ether oxygens (including phenoxy) is 1. The largest absolute Gasteiger partial charge is 0.460 e. The van der Waals surface area contributed by atoms with Gasteiger partial charge in [-0.25, -0.2) is 0 Å². The van der Waals surface area contributed by atoms with Crippen molar-refractivity contribution in [3.8, 4) is 0 Å². The lowest BCUT2D eigenvalue weighted by Gasteiger charge is -2.21. The second-order valence-corrected chi connectivity index (χ2v) is 4.35. The predicted octanol–water partition coefficient (Wildman–Crippen LogP) is 0.709. The number of aliphatic hydroxyl groups is 2. The molecular formula is C10H20O4. The van der Waals surface area contributed by atoms with E-state index in [-0.39, 0.29) is 31.5 Å². The number of carbonyl (C=O) groups excluding carboxylic acids is 1. The lowest BCUT2D eigenvalue weighted by molar-refractivity contribution is -0.156. The average molecular weight is 204 g/mol. The van der Waals surface area contributed by atoms with Crippen LogP contribution in [0, 0.1) is 5.92 Å². The standard InChI is InChI=1S/C10H20O4/c1-10(2,3)14-9(13)6-8(7-12)4-5-11/h8,11-12H,4-7H2,1-3H3/t8-/m0/s1. The molecule has 0 amide bonds. The summed E-state index contributed by atoms with van der Waals surface area (Å²) in [5.41, 5.74) is -0.490. The van der Waals surface area contributed by atoms with Gasteiger partial charge in [0.25, 0.3) is 0 Å². The minimum absolute atomic E-state index is 0.0198. The molecule has 1 atom stereocenters. The summed E-state index contributed by atoms with van der Waals surface area (Å²) >= 11 is 0. The molecule has 0 bridgehead atoms. The summed E-state index contributed by atoms with van der Waals surface area (Å²) in [5.74, 6) is -0.528. The van der Waals surface area contributed by atoms with E-state index in [4.69, 9.17) is 14.9 Å².